The molecule has 0 aliphatic carbocycles. The lowest BCUT2D eigenvalue weighted by molar-refractivity contribution is -0.142. The van der Waals surface area contributed by atoms with Gasteiger partial charge in [0.1, 0.15) is 5.01 Å². The summed E-state index contributed by atoms with van der Waals surface area (Å²) >= 11 is 11.3. The topological polar surface area (TPSA) is 57.0 Å². The van der Waals surface area contributed by atoms with Crippen LogP contribution in [0.15, 0.2) is 40.9 Å². The monoisotopic (exact) mass is 463 g/mol. The van der Waals surface area contributed by atoms with E-state index in [9.17, 15) is 4.79 Å². The van der Waals surface area contributed by atoms with Crippen molar-refractivity contribution in [1.82, 2.24) is 14.8 Å². The predicted molar refractivity (Wildman–Crippen MR) is 112 cm³/mol. The molecule has 0 amide bonds. The number of aromatic nitrogens is 3. The molecule has 0 unspecified atom stereocenters. The largest absolute Gasteiger partial charge is 0.466 e. The predicted octanol–water partition coefficient (Wildman–Crippen LogP) is 5.22. The maximum absolute atomic E-state index is 11.9. The van der Waals surface area contributed by atoms with Crippen LogP contribution in [0.4, 0.5) is 0 Å². The van der Waals surface area contributed by atoms with E-state index < -0.39 is 0 Å². The maximum Gasteiger partial charge on any atom is 0.311 e. The van der Waals surface area contributed by atoms with Crippen LogP contribution >= 0.6 is 38.9 Å². The van der Waals surface area contributed by atoms with Crippen LogP contribution in [-0.2, 0) is 22.5 Å². The van der Waals surface area contributed by atoms with Crippen LogP contribution < -0.4 is 0 Å². The fourth-order valence-electron chi connectivity index (χ4n) is 2.96. The van der Waals surface area contributed by atoms with Gasteiger partial charge in [-0.15, -0.1) is 11.3 Å². The van der Waals surface area contributed by atoms with Crippen molar-refractivity contribution in [2.75, 3.05) is 6.61 Å². The van der Waals surface area contributed by atoms with E-state index in [1.807, 2.05) is 41.1 Å². The first-order chi connectivity index (χ1) is 13.0. The van der Waals surface area contributed by atoms with Gasteiger partial charge < -0.3 is 4.74 Å². The van der Waals surface area contributed by atoms with E-state index in [1.54, 1.807) is 18.3 Å². The quantitative estimate of drug-likeness (QED) is 0.380. The first kappa shape index (κ1) is 18.4. The number of ether oxygens (including phenoxy) is 1. The second-order valence-corrected chi connectivity index (χ2v) is 8.43. The third-order valence-electron chi connectivity index (χ3n) is 4.09. The van der Waals surface area contributed by atoms with Gasteiger partial charge in [0.25, 0.3) is 0 Å². The van der Waals surface area contributed by atoms with Gasteiger partial charge in [-0.25, -0.2) is 4.98 Å². The highest BCUT2D eigenvalue weighted by Gasteiger charge is 2.16. The van der Waals surface area contributed by atoms with Gasteiger partial charge in [0.2, 0.25) is 0 Å². The normalized spacial score (nSPS) is 11.4. The molecule has 0 aliphatic rings. The van der Waals surface area contributed by atoms with Gasteiger partial charge in [-0.2, -0.15) is 5.10 Å². The molecule has 0 bridgehead atoms. The Morgan fingerprint density at radius 1 is 1.30 bits per heavy atom. The van der Waals surface area contributed by atoms with Gasteiger partial charge in [0, 0.05) is 14.9 Å². The first-order valence-corrected chi connectivity index (χ1v) is 10.4. The molecule has 2 aromatic carbocycles. The molecule has 27 heavy (non-hydrogen) atoms. The summed E-state index contributed by atoms with van der Waals surface area (Å²) in [5, 5.41) is 7.07. The minimum atomic E-state index is -0.297. The van der Waals surface area contributed by atoms with Crippen LogP contribution in [0.3, 0.4) is 0 Å². The lowest BCUT2D eigenvalue weighted by Crippen LogP contribution is -2.09. The number of hydrogen-bond acceptors (Lipinski definition) is 5. The minimum Gasteiger partial charge on any atom is -0.466 e. The van der Waals surface area contributed by atoms with Crippen molar-refractivity contribution < 1.29 is 9.53 Å². The highest BCUT2D eigenvalue weighted by molar-refractivity contribution is 9.10. The molecule has 4 rings (SSSR count). The van der Waals surface area contributed by atoms with Gasteiger partial charge in [-0.1, -0.05) is 27.5 Å². The van der Waals surface area contributed by atoms with Crippen LogP contribution in [0.2, 0.25) is 5.02 Å². The lowest BCUT2D eigenvalue weighted by atomic mass is 10.1. The molecular formula is C19H15BrClN3O2S. The van der Waals surface area contributed by atoms with Gasteiger partial charge >= 0.3 is 5.97 Å². The van der Waals surface area contributed by atoms with E-state index in [4.69, 9.17) is 21.3 Å². The summed E-state index contributed by atoms with van der Waals surface area (Å²) in [5.41, 5.74) is 2.53. The van der Waals surface area contributed by atoms with E-state index in [-0.39, 0.29) is 12.4 Å². The van der Waals surface area contributed by atoms with Crippen LogP contribution in [0, 0.1) is 0 Å². The number of benzene rings is 2. The van der Waals surface area contributed by atoms with E-state index in [1.165, 1.54) is 0 Å². The second kappa shape index (κ2) is 7.58. The van der Waals surface area contributed by atoms with Crippen molar-refractivity contribution in [3.63, 3.8) is 0 Å². The average Bonchev–Trinajstić information content (AvgIpc) is 3.16. The molecule has 4 aromatic rings. The zero-order valence-corrected chi connectivity index (χ0v) is 17.6. The second-order valence-electron chi connectivity index (χ2n) is 5.97. The minimum absolute atomic E-state index is 0.116. The number of thiazole rings is 1. The van der Waals surface area contributed by atoms with E-state index in [2.05, 4.69) is 21.0 Å². The number of fused-ring (bicyclic) bond motifs is 2. The Hall–Kier alpha value is -1.96. The highest BCUT2D eigenvalue weighted by atomic mass is 79.9. The highest BCUT2D eigenvalue weighted by Crippen LogP contribution is 2.28. The smallest absolute Gasteiger partial charge is 0.311 e. The Bertz CT molecular complexity index is 1150. The van der Waals surface area contributed by atoms with Gasteiger partial charge in [-0.3, -0.25) is 9.48 Å². The van der Waals surface area contributed by atoms with Crippen LogP contribution in [0.1, 0.15) is 17.6 Å². The Morgan fingerprint density at radius 3 is 2.96 bits per heavy atom. The van der Waals surface area contributed by atoms with Crippen LogP contribution in [-0.4, -0.2) is 27.3 Å². The Balaban J connectivity index is 1.72. The molecule has 2 heterocycles. The number of hydrogen-bond donors (Lipinski definition) is 0. The molecule has 0 aliphatic heterocycles. The summed E-state index contributed by atoms with van der Waals surface area (Å²) in [6.45, 7) is 2.66. The summed E-state index contributed by atoms with van der Waals surface area (Å²) in [4.78, 5) is 16.6. The van der Waals surface area contributed by atoms with Gasteiger partial charge in [0.05, 0.1) is 41.0 Å². The number of carbonyl (C=O) groups is 1. The zero-order chi connectivity index (χ0) is 19.0. The van der Waals surface area contributed by atoms with E-state index in [0.717, 1.165) is 30.6 Å². The van der Waals surface area contributed by atoms with Crippen molar-refractivity contribution in [3.8, 4) is 0 Å². The summed E-state index contributed by atoms with van der Waals surface area (Å²) in [6, 6.07) is 11.6. The lowest BCUT2D eigenvalue weighted by Gasteiger charge is -2.00. The zero-order valence-electron chi connectivity index (χ0n) is 14.4. The first-order valence-electron chi connectivity index (χ1n) is 8.39. The maximum atomic E-state index is 11.9. The number of carbonyl (C=O) groups excluding carboxylic acids is 1. The van der Waals surface area contributed by atoms with Crippen LogP contribution in [0.5, 0.6) is 0 Å². The molecule has 0 atom stereocenters. The van der Waals surface area contributed by atoms with Crippen molar-refractivity contribution in [2.45, 2.75) is 19.9 Å². The molecule has 0 fully saturated rings. The number of rotatable bonds is 5. The summed E-state index contributed by atoms with van der Waals surface area (Å²) < 4.78 is 9.06. The molecule has 8 heteroatoms. The molecule has 138 valence electrons. The molecule has 0 saturated carbocycles. The molecular weight excluding hydrogens is 450 g/mol. The SMILES string of the molecule is CCOC(=O)Cc1nn(Cc2nc3cc(Br)ccc3s2)c2ccc(Cl)cc12. The number of nitrogens with zero attached hydrogens (tertiary/aromatic N) is 3. The van der Waals surface area contributed by atoms with Crippen LogP contribution in [0.25, 0.3) is 21.1 Å². The molecule has 0 saturated heterocycles. The number of halogens is 2. The van der Waals surface area contributed by atoms with E-state index in [0.29, 0.717) is 23.9 Å². The summed E-state index contributed by atoms with van der Waals surface area (Å²) in [6.07, 6.45) is 0.116. The van der Waals surface area contributed by atoms with Gasteiger partial charge in [-0.05, 0) is 43.3 Å². The third-order valence-corrected chi connectivity index (χ3v) is 5.83. The average molecular weight is 465 g/mol. The Labute approximate surface area is 173 Å². The van der Waals surface area contributed by atoms with Crippen molar-refractivity contribution >= 4 is 66.0 Å². The van der Waals surface area contributed by atoms with Crippen molar-refractivity contribution in [3.05, 3.63) is 56.6 Å². The fourth-order valence-corrected chi connectivity index (χ4v) is 4.41. The summed E-state index contributed by atoms with van der Waals surface area (Å²) in [7, 11) is 0. The Morgan fingerprint density at radius 2 is 2.15 bits per heavy atom. The van der Waals surface area contributed by atoms with Gasteiger partial charge in [0.15, 0.2) is 0 Å². The molecule has 2 aromatic heterocycles. The molecule has 0 radical (unpaired) electrons. The number of esters is 1. The molecule has 0 N–H and O–H groups in total. The fraction of sp³-hybridized carbons (Fsp3) is 0.211. The standard InChI is InChI=1S/C19H15BrClN3O2S/c1-2-26-19(25)9-14-13-8-12(21)4-5-16(13)24(23-14)10-18-22-15-7-11(20)3-6-17(15)27-18/h3-8H,2,9-10H2,1H3. The van der Waals surface area contributed by atoms with Crippen molar-refractivity contribution in [2.24, 2.45) is 0 Å². The Kier molecular flexibility index (Phi) is 5.16. The molecule has 0 spiro atoms. The summed E-state index contributed by atoms with van der Waals surface area (Å²) in [5.74, 6) is -0.297. The third kappa shape index (κ3) is 3.85. The van der Waals surface area contributed by atoms with Crippen molar-refractivity contribution in [1.29, 1.82) is 0 Å². The molecule has 5 nitrogen and oxygen atoms in total. The van der Waals surface area contributed by atoms with E-state index >= 15 is 0 Å².